The maximum absolute atomic E-state index is 13.8. The fourth-order valence-electron chi connectivity index (χ4n) is 6.00. The van der Waals surface area contributed by atoms with Crippen LogP contribution in [-0.4, -0.2) is 52.1 Å². The number of rotatable bonds is 7. The number of nitriles is 1. The number of pyridine rings is 1. The lowest BCUT2D eigenvalue weighted by Crippen LogP contribution is -2.49. The number of likely N-dealkylation sites (tertiary alicyclic amines) is 1. The molecule has 4 aliphatic rings. The maximum Gasteiger partial charge on any atom is 0.327 e. The van der Waals surface area contributed by atoms with E-state index in [1.807, 2.05) is 67.6 Å². The first-order valence-corrected chi connectivity index (χ1v) is 15.6. The van der Waals surface area contributed by atoms with E-state index in [9.17, 15) is 19.6 Å². The van der Waals surface area contributed by atoms with E-state index in [0.29, 0.717) is 47.6 Å². The van der Waals surface area contributed by atoms with Crippen LogP contribution in [0.2, 0.25) is 0 Å². The van der Waals surface area contributed by atoms with Crippen molar-refractivity contribution >= 4 is 41.0 Å². The molecular weight excluding hydrogens is 576 g/mol. The zero-order chi connectivity index (χ0) is 30.4. The Hall–Kier alpha value is -4.82. The molecule has 44 heavy (non-hydrogen) atoms. The Balaban J connectivity index is 1.07. The maximum atomic E-state index is 13.8. The highest BCUT2D eigenvalue weighted by molar-refractivity contribution is 8.01. The van der Waals surface area contributed by atoms with Gasteiger partial charge in [0.2, 0.25) is 5.91 Å². The summed E-state index contributed by atoms with van der Waals surface area (Å²) in [5.74, 6) is 1.21. The van der Waals surface area contributed by atoms with Crippen LogP contribution in [0.25, 0.3) is 0 Å². The summed E-state index contributed by atoms with van der Waals surface area (Å²) < 4.78 is 5.98. The fraction of sp³-hybridized carbons (Fsp3) is 0.303. The second-order valence-corrected chi connectivity index (χ2v) is 12.6. The lowest BCUT2D eigenvalue weighted by Gasteiger charge is -2.35. The van der Waals surface area contributed by atoms with E-state index >= 15 is 0 Å². The second kappa shape index (κ2) is 11.4. The van der Waals surface area contributed by atoms with Gasteiger partial charge in [0.25, 0.3) is 5.91 Å². The Labute approximate surface area is 259 Å². The highest BCUT2D eigenvalue weighted by atomic mass is 32.2. The normalized spacial score (nSPS) is 22.2. The van der Waals surface area contributed by atoms with E-state index < -0.39 is 11.3 Å². The molecule has 1 aliphatic carbocycles. The van der Waals surface area contributed by atoms with E-state index in [2.05, 4.69) is 15.6 Å². The summed E-state index contributed by atoms with van der Waals surface area (Å²) in [6.45, 7) is 2.76. The molecule has 2 unspecified atom stereocenters. The number of anilines is 2. The van der Waals surface area contributed by atoms with Crippen molar-refractivity contribution in [3.63, 3.8) is 0 Å². The number of urea groups is 1. The molecule has 1 saturated carbocycles. The summed E-state index contributed by atoms with van der Waals surface area (Å²) in [5.41, 5.74) is 3.23. The van der Waals surface area contributed by atoms with Gasteiger partial charge in [-0.25, -0.2) is 9.78 Å². The number of para-hydroxylation sites is 1. The SMILES string of the molecule is Cc1cc(Oc2ccccc2)ccc1N1C(=O)NC2c3c1ccnc3SC2C(=O)N1CC[C@H](NC(=O)/C(C#N)=C/C2CC2)C1. The first-order chi connectivity index (χ1) is 21.4. The number of carbonyl (C=O) groups is 3. The third kappa shape index (κ3) is 5.26. The first kappa shape index (κ1) is 28.0. The van der Waals surface area contributed by atoms with Gasteiger partial charge in [-0.2, -0.15) is 5.26 Å². The average molecular weight is 607 g/mol. The average Bonchev–Trinajstić information content (AvgIpc) is 3.60. The molecule has 0 bridgehead atoms. The number of aryl methyl sites for hydroxylation is 1. The van der Waals surface area contributed by atoms with Gasteiger partial charge in [0, 0.05) is 30.9 Å². The van der Waals surface area contributed by atoms with Gasteiger partial charge in [0.05, 0.1) is 17.4 Å². The number of hydrogen-bond donors (Lipinski definition) is 2. The molecular formula is C33H30N6O4S. The molecule has 3 atom stereocenters. The van der Waals surface area contributed by atoms with E-state index in [4.69, 9.17) is 4.74 Å². The molecule has 1 saturated heterocycles. The van der Waals surface area contributed by atoms with Crippen molar-refractivity contribution < 1.29 is 19.1 Å². The van der Waals surface area contributed by atoms with E-state index in [-0.39, 0.29) is 29.5 Å². The molecule has 4 amide bonds. The molecule has 10 nitrogen and oxygen atoms in total. The molecule has 0 radical (unpaired) electrons. The van der Waals surface area contributed by atoms with Crippen molar-refractivity contribution in [3.05, 3.63) is 83.6 Å². The molecule has 2 fully saturated rings. The Morgan fingerprint density at radius 2 is 1.93 bits per heavy atom. The minimum atomic E-state index is -0.577. The Bertz CT molecular complexity index is 1730. The minimum absolute atomic E-state index is 0.109. The molecule has 7 rings (SSSR count). The van der Waals surface area contributed by atoms with Crippen LogP contribution in [0.3, 0.4) is 0 Å². The van der Waals surface area contributed by atoms with Crippen molar-refractivity contribution in [2.24, 2.45) is 5.92 Å². The predicted octanol–water partition coefficient (Wildman–Crippen LogP) is 5.14. The van der Waals surface area contributed by atoms with Gasteiger partial charge in [0.15, 0.2) is 0 Å². The third-order valence-electron chi connectivity index (χ3n) is 8.36. The van der Waals surface area contributed by atoms with Gasteiger partial charge >= 0.3 is 6.03 Å². The largest absolute Gasteiger partial charge is 0.457 e. The predicted molar refractivity (Wildman–Crippen MR) is 165 cm³/mol. The summed E-state index contributed by atoms with van der Waals surface area (Å²) in [5, 5.41) is 15.5. The van der Waals surface area contributed by atoms with Crippen LogP contribution in [0, 0.1) is 24.2 Å². The van der Waals surface area contributed by atoms with Crippen LogP contribution < -0.4 is 20.3 Å². The number of carbonyl (C=O) groups excluding carboxylic acids is 3. The third-order valence-corrected chi connectivity index (χ3v) is 9.64. The zero-order valence-corrected chi connectivity index (χ0v) is 24.8. The molecule has 2 N–H and O–H groups in total. The van der Waals surface area contributed by atoms with Crippen LogP contribution >= 0.6 is 11.8 Å². The van der Waals surface area contributed by atoms with Crippen molar-refractivity contribution in [1.29, 1.82) is 5.26 Å². The van der Waals surface area contributed by atoms with E-state index in [1.54, 1.807) is 22.1 Å². The van der Waals surface area contributed by atoms with Crippen molar-refractivity contribution in [2.45, 2.75) is 48.5 Å². The monoisotopic (exact) mass is 606 g/mol. The lowest BCUT2D eigenvalue weighted by molar-refractivity contribution is -0.130. The molecule has 0 spiro atoms. The Morgan fingerprint density at radius 3 is 2.68 bits per heavy atom. The lowest BCUT2D eigenvalue weighted by atomic mass is 9.99. The molecule has 4 heterocycles. The Kier molecular flexibility index (Phi) is 7.22. The van der Waals surface area contributed by atoms with Gasteiger partial charge < -0.3 is 20.3 Å². The highest BCUT2D eigenvalue weighted by Gasteiger charge is 2.48. The number of nitrogens with one attached hydrogen (secondary N) is 2. The van der Waals surface area contributed by atoms with Crippen LogP contribution in [0.5, 0.6) is 11.5 Å². The number of ether oxygens (including phenoxy) is 1. The molecule has 1 aromatic heterocycles. The van der Waals surface area contributed by atoms with Crippen LogP contribution in [-0.2, 0) is 9.59 Å². The number of allylic oxidation sites excluding steroid dienone is 1. The van der Waals surface area contributed by atoms with E-state index in [1.165, 1.54) is 11.8 Å². The quantitative estimate of drug-likeness (QED) is 0.282. The van der Waals surface area contributed by atoms with Crippen LogP contribution in [0.1, 0.15) is 36.4 Å². The molecule has 222 valence electrons. The van der Waals surface area contributed by atoms with Crippen LogP contribution in [0.4, 0.5) is 16.2 Å². The summed E-state index contributed by atoms with van der Waals surface area (Å²) >= 11 is 1.36. The number of benzene rings is 2. The summed E-state index contributed by atoms with van der Waals surface area (Å²) in [7, 11) is 0. The van der Waals surface area contributed by atoms with E-state index in [0.717, 1.165) is 29.7 Å². The van der Waals surface area contributed by atoms with Gasteiger partial charge in [-0.05, 0) is 74.1 Å². The minimum Gasteiger partial charge on any atom is -0.457 e. The summed E-state index contributed by atoms with van der Waals surface area (Å²) in [6, 6.07) is 17.8. The smallest absolute Gasteiger partial charge is 0.327 e. The number of aromatic nitrogens is 1. The van der Waals surface area contributed by atoms with Gasteiger partial charge in [-0.15, -0.1) is 0 Å². The molecule has 3 aliphatic heterocycles. The number of hydrogen-bond acceptors (Lipinski definition) is 7. The fourth-order valence-corrected chi connectivity index (χ4v) is 7.31. The van der Waals surface area contributed by atoms with Gasteiger partial charge in [-0.1, -0.05) is 36.0 Å². The molecule has 2 aromatic carbocycles. The highest BCUT2D eigenvalue weighted by Crippen LogP contribution is 2.51. The first-order valence-electron chi connectivity index (χ1n) is 14.7. The van der Waals surface area contributed by atoms with Crippen molar-refractivity contribution in [3.8, 4) is 17.6 Å². The zero-order valence-electron chi connectivity index (χ0n) is 24.0. The number of nitrogens with zero attached hydrogens (tertiary/aromatic N) is 4. The Morgan fingerprint density at radius 1 is 1.11 bits per heavy atom. The second-order valence-electron chi connectivity index (χ2n) is 11.5. The van der Waals surface area contributed by atoms with Crippen molar-refractivity contribution in [2.75, 3.05) is 18.0 Å². The van der Waals surface area contributed by atoms with Gasteiger partial charge in [-0.3, -0.25) is 14.5 Å². The summed E-state index contributed by atoms with van der Waals surface area (Å²) in [4.78, 5) is 48.1. The standard InChI is InChI=1S/C33H30N6O4S/c1-19-15-24(43-23-5-3-2-4-6-23)9-10-25(19)39-26-11-13-35-31-27(26)28(37-33(39)42)29(44-31)32(41)38-14-12-22(18-38)36-30(40)21(17-34)16-20-7-8-20/h2-6,9-11,13,15-16,20,22,28-29H,7-8,12,14,18H2,1H3,(H,36,40)(H,37,42)/b21-16+/t22-,28?,29?/m0/s1. The summed E-state index contributed by atoms with van der Waals surface area (Å²) in [6.07, 6.45) is 6.03. The van der Waals surface area contributed by atoms with Gasteiger partial charge in [0.1, 0.15) is 33.4 Å². The molecule has 11 heteroatoms. The van der Waals surface area contributed by atoms with Crippen LogP contribution in [0.15, 0.2) is 77.5 Å². The van der Waals surface area contributed by atoms with Crippen molar-refractivity contribution in [1.82, 2.24) is 20.5 Å². The number of amides is 4. The number of thioether (sulfide) groups is 1. The topological polar surface area (TPSA) is 128 Å². The molecule has 3 aromatic rings.